The molecule has 22 heavy (non-hydrogen) atoms. The summed E-state index contributed by atoms with van der Waals surface area (Å²) in [5.41, 5.74) is 1.67. The highest BCUT2D eigenvalue weighted by molar-refractivity contribution is 9.10. The minimum atomic E-state index is -1.05. The van der Waals surface area contributed by atoms with Crippen molar-refractivity contribution in [1.82, 2.24) is 15.5 Å². The molecule has 0 aliphatic heterocycles. The molecule has 7 heteroatoms. The fourth-order valence-corrected chi connectivity index (χ4v) is 2.63. The zero-order valence-corrected chi connectivity index (χ0v) is 13.6. The summed E-state index contributed by atoms with van der Waals surface area (Å²) in [6.45, 7) is 1.86. The van der Waals surface area contributed by atoms with Crippen LogP contribution in [0.25, 0.3) is 11.3 Å². The van der Waals surface area contributed by atoms with Crippen molar-refractivity contribution in [3.63, 3.8) is 0 Å². The zero-order valence-electron chi connectivity index (χ0n) is 12.0. The van der Waals surface area contributed by atoms with Crippen molar-refractivity contribution in [2.24, 2.45) is 0 Å². The van der Waals surface area contributed by atoms with E-state index in [-0.39, 0.29) is 5.69 Å². The van der Waals surface area contributed by atoms with Crippen LogP contribution in [0.5, 0.6) is 0 Å². The maximum atomic E-state index is 12.2. The van der Waals surface area contributed by atoms with Gasteiger partial charge in [-0.15, -0.1) is 0 Å². The number of amides is 1. The molecule has 0 fully saturated rings. The number of aromatic amines is 1. The van der Waals surface area contributed by atoms with Gasteiger partial charge in [0.1, 0.15) is 17.4 Å². The number of nitrogens with zero attached hydrogens (tertiary/aromatic N) is 1. The van der Waals surface area contributed by atoms with Gasteiger partial charge in [-0.1, -0.05) is 43.7 Å². The third kappa shape index (κ3) is 3.54. The number of hydrogen-bond acceptors (Lipinski definition) is 3. The Labute approximate surface area is 136 Å². The quantitative estimate of drug-likeness (QED) is 0.733. The monoisotopic (exact) mass is 365 g/mol. The van der Waals surface area contributed by atoms with Crippen molar-refractivity contribution in [1.29, 1.82) is 0 Å². The van der Waals surface area contributed by atoms with Crippen LogP contribution in [-0.4, -0.2) is 33.2 Å². The third-order valence-corrected chi connectivity index (χ3v) is 3.93. The molecule has 6 nitrogen and oxygen atoms in total. The number of H-pyrrole nitrogens is 1. The number of aromatic nitrogens is 2. The van der Waals surface area contributed by atoms with Crippen molar-refractivity contribution in [3.8, 4) is 11.3 Å². The van der Waals surface area contributed by atoms with Crippen LogP contribution < -0.4 is 5.32 Å². The molecule has 1 aromatic carbocycles. The fourth-order valence-electron chi connectivity index (χ4n) is 2.04. The summed E-state index contributed by atoms with van der Waals surface area (Å²) < 4.78 is 0.511. The Morgan fingerprint density at radius 1 is 1.36 bits per heavy atom. The first-order chi connectivity index (χ1) is 10.5. The van der Waals surface area contributed by atoms with Crippen molar-refractivity contribution in [3.05, 3.63) is 40.5 Å². The lowest BCUT2D eigenvalue weighted by Gasteiger charge is -2.12. The van der Waals surface area contributed by atoms with Crippen LogP contribution in [0.1, 0.15) is 30.3 Å². The number of nitrogens with one attached hydrogen (secondary N) is 2. The first-order valence-corrected chi connectivity index (χ1v) is 7.66. The molecule has 0 saturated heterocycles. The van der Waals surface area contributed by atoms with Crippen LogP contribution >= 0.6 is 15.9 Å². The highest BCUT2D eigenvalue weighted by Gasteiger charge is 2.23. The van der Waals surface area contributed by atoms with Gasteiger partial charge in [0.25, 0.3) is 5.91 Å². The molecule has 1 unspecified atom stereocenters. The van der Waals surface area contributed by atoms with E-state index in [9.17, 15) is 9.59 Å². The number of benzene rings is 1. The van der Waals surface area contributed by atoms with E-state index in [2.05, 4.69) is 31.4 Å². The molecular formula is C15H16BrN3O3. The zero-order chi connectivity index (χ0) is 16.1. The Hall–Kier alpha value is -2.15. The highest BCUT2D eigenvalue weighted by atomic mass is 79.9. The Balaban J connectivity index is 2.21. The van der Waals surface area contributed by atoms with E-state index in [1.165, 1.54) is 0 Å². The second kappa shape index (κ2) is 7.22. The standard InChI is InChI=1S/C15H16BrN3O3/c1-2-6-10(15(21)22)17-14(20)13-11(16)12(18-19-13)9-7-4-3-5-8-9/h3-5,7-8,10H,2,6H2,1H3,(H,17,20)(H,18,19)(H,21,22). The predicted octanol–water partition coefficient (Wildman–Crippen LogP) is 2.82. The van der Waals surface area contributed by atoms with Crippen molar-refractivity contribution in [2.45, 2.75) is 25.8 Å². The van der Waals surface area contributed by atoms with Crippen molar-refractivity contribution in [2.75, 3.05) is 0 Å². The first-order valence-electron chi connectivity index (χ1n) is 6.87. The van der Waals surface area contributed by atoms with Gasteiger partial charge in [0, 0.05) is 5.56 Å². The fraction of sp³-hybridized carbons (Fsp3) is 0.267. The van der Waals surface area contributed by atoms with Crippen LogP contribution in [0.15, 0.2) is 34.8 Å². The molecule has 1 atom stereocenters. The van der Waals surface area contributed by atoms with Crippen LogP contribution in [0.4, 0.5) is 0 Å². The molecule has 0 spiro atoms. The smallest absolute Gasteiger partial charge is 0.326 e. The molecule has 0 aliphatic carbocycles. The average molecular weight is 366 g/mol. The maximum Gasteiger partial charge on any atom is 0.326 e. The summed E-state index contributed by atoms with van der Waals surface area (Å²) in [6, 6.07) is 8.47. The molecule has 116 valence electrons. The summed E-state index contributed by atoms with van der Waals surface area (Å²) in [4.78, 5) is 23.3. The summed E-state index contributed by atoms with van der Waals surface area (Å²) >= 11 is 3.35. The van der Waals surface area contributed by atoms with Gasteiger partial charge in [-0.05, 0) is 22.4 Å². The van der Waals surface area contributed by atoms with E-state index < -0.39 is 17.9 Å². The molecule has 1 amide bonds. The Bertz CT molecular complexity index is 670. The molecule has 0 saturated carbocycles. The molecule has 1 aromatic heterocycles. The topological polar surface area (TPSA) is 95.1 Å². The van der Waals surface area contributed by atoms with E-state index in [1.54, 1.807) is 0 Å². The van der Waals surface area contributed by atoms with Crippen LogP contribution in [0.3, 0.4) is 0 Å². The second-order valence-corrected chi connectivity index (χ2v) is 5.57. The summed E-state index contributed by atoms with van der Waals surface area (Å²) in [5.74, 6) is -1.54. The van der Waals surface area contributed by atoms with Gasteiger partial charge >= 0.3 is 5.97 Å². The predicted molar refractivity (Wildman–Crippen MR) is 85.5 cm³/mol. The lowest BCUT2D eigenvalue weighted by Crippen LogP contribution is -2.40. The summed E-state index contributed by atoms with van der Waals surface area (Å²) in [5, 5.41) is 18.4. The van der Waals surface area contributed by atoms with Crippen molar-refractivity contribution < 1.29 is 14.7 Å². The van der Waals surface area contributed by atoms with Crippen LogP contribution in [0, 0.1) is 0 Å². The molecule has 0 aliphatic rings. The van der Waals surface area contributed by atoms with Gasteiger partial charge in [0.05, 0.1) is 4.47 Å². The number of carboxylic acids is 1. The normalized spacial score (nSPS) is 11.9. The van der Waals surface area contributed by atoms with Gasteiger partial charge in [-0.2, -0.15) is 5.10 Å². The first kappa shape index (κ1) is 16.2. The van der Waals surface area contributed by atoms with Gasteiger partial charge < -0.3 is 10.4 Å². The number of hydrogen-bond donors (Lipinski definition) is 3. The third-order valence-electron chi connectivity index (χ3n) is 3.16. The van der Waals surface area contributed by atoms with Crippen molar-refractivity contribution >= 4 is 27.8 Å². The van der Waals surface area contributed by atoms with E-state index in [1.807, 2.05) is 37.3 Å². The molecule has 0 radical (unpaired) electrons. The van der Waals surface area contributed by atoms with Crippen LogP contribution in [0.2, 0.25) is 0 Å². The molecule has 2 rings (SSSR count). The average Bonchev–Trinajstić information content (AvgIpc) is 2.89. The Morgan fingerprint density at radius 3 is 2.64 bits per heavy atom. The van der Waals surface area contributed by atoms with E-state index in [0.29, 0.717) is 23.0 Å². The van der Waals surface area contributed by atoms with Gasteiger partial charge in [0.2, 0.25) is 0 Å². The second-order valence-electron chi connectivity index (χ2n) is 4.78. The number of carbonyl (C=O) groups is 2. The van der Waals surface area contributed by atoms with Gasteiger partial charge in [-0.3, -0.25) is 9.89 Å². The lowest BCUT2D eigenvalue weighted by molar-refractivity contribution is -0.139. The lowest BCUT2D eigenvalue weighted by atomic mass is 10.1. The van der Waals surface area contributed by atoms with Gasteiger partial charge in [-0.25, -0.2) is 4.79 Å². The molecular weight excluding hydrogens is 350 g/mol. The molecule has 0 bridgehead atoms. The maximum absolute atomic E-state index is 12.2. The number of rotatable bonds is 6. The number of aliphatic carboxylic acids is 1. The molecule has 1 heterocycles. The largest absolute Gasteiger partial charge is 0.480 e. The van der Waals surface area contributed by atoms with E-state index in [0.717, 1.165) is 5.56 Å². The summed E-state index contributed by atoms with van der Waals surface area (Å²) in [6.07, 6.45) is 1.04. The highest BCUT2D eigenvalue weighted by Crippen LogP contribution is 2.28. The Morgan fingerprint density at radius 2 is 2.05 bits per heavy atom. The van der Waals surface area contributed by atoms with Gasteiger partial charge in [0.15, 0.2) is 0 Å². The van der Waals surface area contributed by atoms with E-state index in [4.69, 9.17) is 5.11 Å². The minimum Gasteiger partial charge on any atom is -0.480 e. The number of halogens is 1. The summed E-state index contributed by atoms with van der Waals surface area (Å²) in [7, 11) is 0. The molecule has 3 N–H and O–H groups in total. The van der Waals surface area contributed by atoms with E-state index >= 15 is 0 Å². The SMILES string of the molecule is CCCC(NC(=O)c1[nH]nc(-c2ccccc2)c1Br)C(=O)O. The number of carbonyl (C=O) groups excluding carboxylic acids is 1. The number of carboxylic acid groups (broad SMARTS) is 1. The Kier molecular flexibility index (Phi) is 5.32. The van der Waals surface area contributed by atoms with Crippen LogP contribution in [-0.2, 0) is 4.79 Å². The molecule has 2 aromatic rings. The minimum absolute atomic E-state index is 0.209.